The Bertz CT molecular complexity index is 409. The van der Waals surface area contributed by atoms with E-state index < -0.39 is 0 Å². The lowest BCUT2D eigenvalue weighted by molar-refractivity contribution is 0.274. The van der Waals surface area contributed by atoms with Crippen molar-refractivity contribution in [3.05, 3.63) is 35.9 Å². The van der Waals surface area contributed by atoms with Crippen LogP contribution in [0, 0.1) is 11.3 Å². The van der Waals surface area contributed by atoms with E-state index in [1.54, 1.807) is 0 Å². The Morgan fingerprint density at radius 2 is 1.86 bits per heavy atom. The molecule has 1 heterocycles. The third kappa shape index (κ3) is 5.67. The van der Waals surface area contributed by atoms with Crippen LogP contribution in [0.3, 0.4) is 0 Å². The van der Waals surface area contributed by atoms with Gasteiger partial charge in [0.2, 0.25) is 0 Å². The Kier molecular flexibility index (Phi) is 6.19. The molecule has 1 fully saturated rings. The first-order valence-corrected chi connectivity index (χ1v) is 8.85. The molecule has 1 saturated heterocycles. The molecule has 2 atom stereocenters. The van der Waals surface area contributed by atoms with Crippen LogP contribution in [0.4, 0.5) is 0 Å². The topological polar surface area (TPSA) is 3.24 Å². The molecule has 1 aromatic carbocycles. The maximum absolute atomic E-state index is 4.71. The quantitative estimate of drug-likeness (QED) is 0.691. The molecule has 0 saturated carbocycles. The van der Waals surface area contributed by atoms with Crippen molar-refractivity contribution >= 4 is 12.8 Å². The summed E-state index contributed by atoms with van der Waals surface area (Å²) in [4.78, 5) is 0. The fraction of sp³-hybridized carbons (Fsp3) is 0.684. The molecule has 2 rings (SSSR count). The van der Waals surface area contributed by atoms with Gasteiger partial charge in [-0.15, -0.1) is 0 Å². The zero-order valence-corrected chi connectivity index (χ0v) is 14.8. The van der Waals surface area contributed by atoms with Crippen LogP contribution in [-0.4, -0.2) is 16.9 Å². The van der Waals surface area contributed by atoms with E-state index in [2.05, 4.69) is 55.4 Å². The van der Waals surface area contributed by atoms with E-state index in [0.29, 0.717) is 11.5 Å². The van der Waals surface area contributed by atoms with Crippen LogP contribution in [-0.2, 0) is 6.42 Å². The summed E-state index contributed by atoms with van der Waals surface area (Å²) in [5.74, 6) is 0.845. The van der Waals surface area contributed by atoms with Crippen LogP contribution >= 0.6 is 12.8 Å². The van der Waals surface area contributed by atoms with Crippen molar-refractivity contribution in [1.82, 2.24) is 4.31 Å². The van der Waals surface area contributed by atoms with Crippen LogP contribution in [0.5, 0.6) is 0 Å². The van der Waals surface area contributed by atoms with Crippen molar-refractivity contribution < 1.29 is 0 Å². The Morgan fingerprint density at radius 3 is 2.52 bits per heavy atom. The van der Waals surface area contributed by atoms with Crippen molar-refractivity contribution in [3.63, 3.8) is 0 Å². The highest BCUT2D eigenvalue weighted by molar-refractivity contribution is 7.77. The molecule has 0 aromatic heterocycles. The summed E-state index contributed by atoms with van der Waals surface area (Å²) in [6.45, 7) is 8.22. The largest absolute Gasteiger partial charge is 0.250 e. The molecule has 0 bridgehead atoms. The van der Waals surface area contributed by atoms with Gasteiger partial charge in [0.25, 0.3) is 0 Å². The normalized spacial score (nSPS) is 23.6. The van der Waals surface area contributed by atoms with Gasteiger partial charge in [-0.3, -0.25) is 0 Å². The highest BCUT2D eigenvalue weighted by atomic mass is 32.1. The van der Waals surface area contributed by atoms with Crippen molar-refractivity contribution in [2.75, 3.05) is 6.54 Å². The predicted molar refractivity (Wildman–Crippen MR) is 95.7 cm³/mol. The fourth-order valence-electron chi connectivity index (χ4n) is 3.40. The van der Waals surface area contributed by atoms with Gasteiger partial charge < -0.3 is 0 Å². The molecular weight excluding hydrogens is 274 g/mol. The lowest BCUT2D eigenvalue weighted by atomic mass is 9.83. The van der Waals surface area contributed by atoms with Crippen LogP contribution in [0.15, 0.2) is 30.3 Å². The number of hydrogen-bond donors (Lipinski definition) is 1. The zero-order valence-electron chi connectivity index (χ0n) is 13.9. The molecule has 1 nitrogen and oxygen atoms in total. The predicted octanol–water partition coefficient (Wildman–Crippen LogP) is 5.37. The Morgan fingerprint density at radius 1 is 1.14 bits per heavy atom. The fourth-order valence-corrected chi connectivity index (χ4v) is 3.82. The molecule has 118 valence electrons. The summed E-state index contributed by atoms with van der Waals surface area (Å²) >= 11 is 4.71. The number of nitrogens with zero attached hydrogens (tertiary/aromatic N) is 1. The van der Waals surface area contributed by atoms with Crippen LogP contribution in [0.2, 0.25) is 0 Å². The van der Waals surface area contributed by atoms with E-state index >= 15 is 0 Å². The van der Waals surface area contributed by atoms with Gasteiger partial charge >= 0.3 is 0 Å². The minimum atomic E-state index is 0.457. The average molecular weight is 306 g/mol. The van der Waals surface area contributed by atoms with E-state index in [4.69, 9.17) is 12.8 Å². The van der Waals surface area contributed by atoms with Crippen molar-refractivity contribution in [1.29, 1.82) is 0 Å². The lowest BCUT2D eigenvalue weighted by Crippen LogP contribution is -2.26. The standard InChI is InChI=1S/C19H31NS/c1-19(2,3)14-12-17-13-15-20(21)18(17)11-7-10-16-8-5-4-6-9-16/h4-6,8-9,17-18,21H,7,10-15H2,1-3H3. The second-order valence-electron chi connectivity index (χ2n) is 7.76. The molecular formula is C19H31NS. The van der Waals surface area contributed by atoms with Gasteiger partial charge in [-0.1, -0.05) is 63.9 Å². The first-order valence-electron chi connectivity index (χ1n) is 8.45. The molecule has 1 aliphatic rings. The Labute approximate surface area is 136 Å². The number of aryl methyl sites for hydroxylation is 1. The summed E-state index contributed by atoms with van der Waals surface area (Å²) in [6, 6.07) is 11.5. The van der Waals surface area contributed by atoms with Crippen LogP contribution in [0.25, 0.3) is 0 Å². The minimum Gasteiger partial charge on any atom is -0.250 e. The monoisotopic (exact) mass is 305 g/mol. The molecule has 2 heteroatoms. The first kappa shape index (κ1) is 16.9. The van der Waals surface area contributed by atoms with Crippen molar-refractivity contribution in [3.8, 4) is 0 Å². The molecule has 0 N–H and O–H groups in total. The molecule has 21 heavy (non-hydrogen) atoms. The van der Waals surface area contributed by atoms with Gasteiger partial charge in [0.05, 0.1) is 0 Å². The Balaban J connectivity index is 1.79. The average Bonchev–Trinajstić information content (AvgIpc) is 2.78. The van der Waals surface area contributed by atoms with Crippen molar-refractivity contribution in [2.24, 2.45) is 11.3 Å². The molecule has 0 radical (unpaired) electrons. The van der Waals surface area contributed by atoms with Gasteiger partial charge in [0.15, 0.2) is 0 Å². The zero-order chi connectivity index (χ0) is 15.3. The molecule has 1 aliphatic heterocycles. The molecule has 0 aliphatic carbocycles. The van der Waals surface area contributed by atoms with Gasteiger partial charge in [0.1, 0.15) is 0 Å². The minimum absolute atomic E-state index is 0.457. The van der Waals surface area contributed by atoms with E-state index in [0.717, 1.165) is 12.5 Å². The number of benzene rings is 1. The third-order valence-electron chi connectivity index (χ3n) is 4.73. The highest BCUT2D eigenvalue weighted by Gasteiger charge is 2.32. The van der Waals surface area contributed by atoms with Gasteiger partial charge in [-0.2, -0.15) is 0 Å². The smallest absolute Gasteiger partial charge is 0.0229 e. The van der Waals surface area contributed by atoms with E-state index in [1.807, 2.05) is 0 Å². The summed E-state index contributed by atoms with van der Waals surface area (Å²) < 4.78 is 2.30. The summed E-state index contributed by atoms with van der Waals surface area (Å²) in [7, 11) is 0. The molecule has 2 unspecified atom stereocenters. The summed E-state index contributed by atoms with van der Waals surface area (Å²) in [6.07, 6.45) is 7.77. The molecule has 0 spiro atoms. The number of rotatable bonds is 6. The van der Waals surface area contributed by atoms with E-state index in [-0.39, 0.29) is 0 Å². The van der Waals surface area contributed by atoms with E-state index in [1.165, 1.54) is 44.1 Å². The highest BCUT2D eigenvalue weighted by Crippen LogP contribution is 2.35. The second kappa shape index (κ2) is 7.69. The van der Waals surface area contributed by atoms with Gasteiger partial charge in [-0.25, -0.2) is 4.31 Å². The second-order valence-corrected chi connectivity index (χ2v) is 8.27. The maximum Gasteiger partial charge on any atom is 0.0229 e. The number of thiol groups is 1. The first-order chi connectivity index (χ1) is 9.96. The van der Waals surface area contributed by atoms with Gasteiger partial charge in [-0.05, 0) is 55.4 Å². The lowest BCUT2D eigenvalue weighted by Gasteiger charge is -2.27. The van der Waals surface area contributed by atoms with Crippen molar-refractivity contribution in [2.45, 2.75) is 65.3 Å². The SMILES string of the molecule is CC(C)(C)CCC1CCN(S)C1CCCc1ccccc1. The van der Waals surface area contributed by atoms with E-state index in [9.17, 15) is 0 Å². The summed E-state index contributed by atoms with van der Waals surface area (Å²) in [5, 5.41) is 0. The summed E-state index contributed by atoms with van der Waals surface area (Å²) in [5.41, 5.74) is 1.92. The van der Waals surface area contributed by atoms with Gasteiger partial charge in [0, 0.05) is 12.6 Å². The van der Waals surface area contributed by atoms with Crippen LogP contribution < -0.4 is 0 Å². The van der Waals surface area contributed by atoms with Crippen LogP contribution in [0.1, 0.15) is 58.4 Å². The third-order valence-corrected chi connectivity index (χ3v) is 5.23. The Hall–Kier alpha value is -0.470. The molecule has 1 aromatic rings. The molecule has 0 amide bonds. The maximum atomic E-state index is 4.71. The number of hydrogen-bond acceptors (Lipinski definition) is 2.